The lowest BCUT2D eigenvalue weighted by molar-refractivity contribution is 0.1000. The van der Waals surface area contributed by atoms with Gasteiger partial charge in [-0.15, -0.1) is 0 Å². The molecule has 0 amide bonds. The Hall–Kier alpha value is -1.87. The minimum Gasteiger partial charge on any atom is -0.497 e. The molecule has 1 atom stereocenters. The van der Waals surface area contributed by atoms with Crippen molar-refractivity contribution in [3.63, 3.8) is 0 Å². The third kappa shape index (κ3) is 2.83. The Balaban J connectivity index is 2.34. The van der Waals surface area contributed by atoms with Gasteiger partial charge in [-0.05, 0) is 35.4 Å². The lowest BCUT2D eigenvalue weighted by atomic mass is 9.76. The van der Waals surface area contributed by atoms with Crippen molar-refractivity contribution in [1.82, 2.24) is 0 Å². The standard InChI is InChI=1S/C17H19FO2/c1-17(2,13-7-9-14(18)10-8-13)16(19)12-5-4-6-15(11-12)20-3/h4-11,16,19H,1-3H3. The maximum Gasteiger partial charge on any atom is 0.123 e. The lowest BCUT2D eigenvalue weighted by Gasteiger charge is -2.31. The summed E-state index contributed by atoms with van der Waals surface area (Å²) < 4.78 is 18.2. The molecule has 0 bridgehead atoms. The zero-order chi connectivity index (χ0) is 14.8. The molecule has 3 heteroatoms. The molecule has 0 saturated heterocycles. The quantitative estimate of drug-likeness (QED) is 0.917. The van der Waals surface area contributed by atoms with Gasteiger partial charge >= 0.3 is 0 Å². The van der Waals surface area contributed by atoms with Crippen LogP contribution in [0.3, 0.4) is 0 Å². The van der Waals surface area contributed by atoms with E-state index >= 15 is 0 Å². The largest absolute Gasteiger partial charge is 0.497 e. The van der Waals surface area contributed by atoms with Crippen LogP contribution < -0.4 is 4.74 Å². The van der Waals surface area contributed by atoms with Gasteiger partial charge in [-0.2, -0.15) is 0 Å². The number of aliphatic hydroxyl groups is 1. The van der Waals surface area contributed by atoms with E-state index in [2.05, 4.69) is 0 Å². The van der Waals surface area contributed by atoms with E-state index in [1.807, 2.05) is 38.1 Å². The molecule has 0 aromatic heterocycles. The molecule has 1 unspecified atom stereocenters. The van der Waals surface area contributed by atoms with Gasteiger partial charge < -0.3 is 9.84 Å². The Morgan fingerprint density at radius 2 is 1.75 bits per heavy atom. The van der Waals surface area contributed by atoms with Crippen molar-refractivity contribution >= 4 is 0 Å². The molecular weight excluding hydrogens is 255 g/mol. The normalized spacial score (nSPS) is 13.1. The molecule has 0 aliphatic rings. The summed E-state index contributed by atoms with van der Waals surface area (Å²) in [7, 11) is 1.59. The van der Waals surface area contributed by atoms with Crippen LogP contribution in [0, 0.1) is 5.82 Å². The van der Waals surface area contributed by atoms with Gasteiger partial charge in [0.25, 0.3) is 0 Å². The first-order valence-corrected chi connectivity index (χ1v) is 6.53. The van der Waals surface area contributed by atoms with Gasteiger partial charge in [0.2, 0.25) is 0 Å². The minimum atomic E-state index is -0.705. The third-order valence-corrected chi connectivity index (χ3v) is 3.68. The molecule has 0 aliphatic heterocycles. The van der Waals surface area contributed by atoms with Gasteiger partial charge in [0.05, 0.1) is 13.2 Å². The smallest absolute Gasteiger partial charge is 0.123 e. The van der Waals surface area contributed by atoms with Crippen molar-refractivity contribution in [2.75, 3.05) is 7.11 Å². The number of methoxy groups -OCH3 is 1. The highest BCUT2D eigenvalue weighted by Gasteiger charge is 2.31. The van der Waals surface area contributed by atoms with Gasteiger partial charge in [0, 0.05) is 5.41 Å². The molecular formula is C17H19FO2. The van der Waals surface area contributed by atoms with E-state index in [-0.39, 0.29) is 5.82 Å². The number of hydrogen-bond acceptors (Lipinski definition) is 2. The van der Waals surface area contributed by atoms with E-state index in [0.717, 1.165) is 11.1 Å². The number of benzene rings is 2. The molecule has 0 fully saturated rings. The number of ether oxygens (including phenoxy) is 1. The summed E-state index contributed by atoms with van der Waals surface area (Å²) in [6.07, 6.45) is -0.705. The molecule has 106 valence electrons. The Bertz CT molecular complexity index is 576. The highest BCUT2D eigenvalue weighted by molar-refractivity contribution is 5.35. The van der Waals surface area contributed by atoms with E-state index in [9.17, 15) is 9.50 Å². The van der Waals surface area contributed by atoms with Crippen LogP contribution in [-0.4, -0.2) is 12.2 Å². The average molecular weight is 274 g/mol. The molecule has 2 aromatic rings. The second-order valence-electron chi connectivity index (χ2n) is 5.41. The molecule has 2 nitrogen and oxygen atoms in total. The summed E-state index contributed by atoms with van der Waals surface area (Å²) >= 11 is 0. The highest BCUT2D eigenvalue weighted by atomic mass is 19.1. The topological polar surface area (TPSA) is 29.5 Å². The predicted molar refractivity (Wildman–Crippen MR) is 77.4 cm³/mol. The van der Waals surface area contributed by atoms with Crippen LogP contribution in [-0.2, 0) is 5.41 Å². The van der Waals surface area contributed by atoms with Gasteiger partial charge in [0.15, 0.2) is 0 Å². The Kier molecular flexibility index (Phi) is 4.09. The number of rotatable bonds is 4. The highest BCUT2D eigenvalue weighted by Crippen LogP contribution is 2.37. The summed E-state index contributed by atoms with van der Waals surface area (Å²) in [4.78, 5) is 0. The van der Waals surface area contributed by atoms with E-state index in [0.29, 0.717) is 5.75 Å². The lowest BCUT2D eigenvalue weighted by Crippen LogP contribution is -2.26. The van der Waals surface area contributed by atoms with Crippen molar-refractivity contribution in [3.05, 3.63) is 65.5 Å². The zero-order valence-corrected chi connectivity index (χ0v) is 11.9. The zero-order valence-electron chi connectivity index (χ0n) is 11.9. The van der Waals surface area contributed by atoms with Crippen LogP contribution in [0.25, 0.3) is 0 Å². The van der Waals surface area contributed by atoms with Gasteiger partial charge in [0.1, 0.15) is 11.6 Å². The summed E-state index contributed by atoms with van der Waals surface area (Å²) in [5.74, 6) is 0.428. The summed E-state index contributed by atoms with van der Waals surface area (Å²) in [6, 6.07) is 13.6. The molecule has 0 aliphatic carbocycles. The Morgan fingerprint density at radius 3 is 2.35 bits per heavy atom. The molecule has 0 radical (unpaired) electrons. The second-order valence-corrected chi connectivity index (χ2v) is 5.41. The SMILES string of the molecule is COc1cccc(C(O)C(C)(C)c2ccc(F)cc2)c1. The van der Waals surface area contributed by atoms with Crippen molar-refractivity contribution < 1.29 is 14.2 Å². The Labute approximate surface area is 118 Å². The van der Waals surface area contributed by atoms with Crippen LogP contribution in [0.5, 0.6) is 5.75 Å². The third-order valence-electron chi connectivity index (χ3n) is 3.68. The van der Waals surface area contributed by atoms with E-state index < -0.39 is 11.5 Å². The molecule has 0 heterocycles. The van der Waals surface area contributed by atoms with Crippen molar-refractivity contribution in [3.8, 4) is 5.75 Å². The van der Waals surface area contributed by atoms with E-state index in [1.165, 1.54) is 12.1 Å². The maximum absolute atomic E-state index is 13.0. The van der Waals surface area contributed by atoms with Crippen molar-refractivity contribution in [2.45, 2.75) is 25.4 Å². The fourth-order valence-electron chi connectivity index (χ4n) is 2.27. The van der Waals surface area contributed by atoms with Crippen molar-refractivity contribution in [2.24, 2.45) is 0 Å². The van der Waals surface area contributed by atoms with E-state index in [4.69, 9.17) is 4.74 Å². The summed E-state index contributed by atoms with van der Waals surface area (Å²) in [5, 5.41) is 10.6. The summed E-state index contributed by atoms with van der Waals surface area (Å²) in [5.41, 5.74) is 1.13. The predicted octanol–water partition coefficient (Wildman–Crippen LogP) is 3.85. The molecule has 0 saturated carbocycles. The van der Waals surface area contributed by atoms with Gasteiger partial charge in [-0.1, -0.05) is 38.1 Å². The molecule has 2 aromatic carbocycles. The molecule has 20 heavy (non-hydrogen) atoms. The van der Waals surface area contributed by atoms with Gasteiger partial charge in [-0.3, -0.25) is 0 Å². The first-order valence-electron chi connectivity index (χ1n) is 6.53. The number of aliphatic hydroxyl groups excluding tert-OH is 1. The maximum atomic E-state index is 13.0. The number of halogens is 1. The average Bonchev–Trinajstić information content (AvgIpc) is 2.47. The molecule has 2 rings (SSSR count). The first-order chi connectivity index (χ1) is 9.45. The van der Waals surface area contributed by atoms with Crippen LogP contribution in [0.1, 0.15) is 31.1 Å². The van der Waals surface area contributed by atoms with Gasteiger partial charge in [-0.25, -0.2) is 4.39 Å². The fraction of sp³-hybridized carbons (Fsp3) is 0.294. The van der Waals surface area contributed by atoms with Crippen molar-refractivity contribution in [1.29, 1.82) is 0 Å². The number of hydrogen-bond donors (Lipinski definition) is 1. The summed E-state index contributed by atoms with van der Waals surface area (Å²) in [6.45, 7) is 3.87. The van der Waals surface area contributed by atoms with Crippen LogP contribution in [0.4, 0.5) is 4.39 Å². The first kappa shape index (κ1) is 14.5. The second kappa shape index (κ2) is 5.63. The Morgan fingerprint density at radius 1 is 1.10 bits per heavy atom. The van der Waals surface area contributed by atoms with Crippen LogP contribution in [0.2, 0.25) is 0 Å². The molecule has 1 N–H and O–H groups in total. The molecule has 0 spiro atoms. The minimum absolute atomic E-state index is 0.277. The van der Waals surface area contributed by atoms with Crippen LogP contribution >= 0.6 is 0 Å². The van der Waals surface area contributed by atoms with E-state index in [1.54, 1.807) is 19.2 Å². The fourth-order valence-corrected chi connectivity index (χ4v) is 2.27. The van der Waals surface area contributed by atoms with Crippen LogP contribution in [0.15, 0.2) is 48.5 Å². The monoisotopic (exact) mass is 274 g/mol.